The Morgan fingerprint density at radius 3 is 2.92 bits per heavy atom. The highest BCUT2D eigenvalue weighted by Crippen LogP contribution is 2.11. The molecule has 0 spiro atoms. The lowest BCUT2D eigenvalue weighted by atomic mass is 10.1. The Hall–Kier alpha value is -1.87. The van der Waals surface area contributed by atoms with Crippen molar-refractivity contribution in [1.82, 2.24) is 0 Å². The van der Waals surface area contributed by atoms with E-state index in [1.165, 1.54) is 12.1 Å². The van der Waals surface area contributed by atoms with E-state index in [1.54, 1.807) is 6.92 Å². The quantitative estimate of drug-likeness (QED) is 0.371. The highest BCUT2D eigenvalue weighted by molar-refractivity contribution is 5.95. The van der Waals surface area contributed by atoms with Crippen molar-refractivity contribution in [3.63, 3.8) is 0 Å². The molecule has 0 fully saturated rings. The third-order valence-corrected chi connectivity index (χ3v) is 1.49. The predicted molar refractivity (Wildman–Crippen MR) is 44.6 cm³/mol. The second-order valence-electron chi connectivity index (χ2n) is 2.48. The first-order valence-electron chi connectivity index (χ1n) is 3.50. The van der Waals surface area contributed by atoms with E-state index in [9.17, 15) is 9.18 Å². The molecule has 5 heteroatoms. The molecule has 0 saturated heterocycles. The van der Waals surface area contributed by atoms with Crippen molar-refractivity contribution in [2.45, 2.75) is 6.92 Å². The van der Waals surface area contributed by atoms with Crippen molar-refractivity contribution in [2.24, 2.45) is 5.11 Å². The van der Waals surface area contributed by atoms with Gasteiger partial charge in [-0.1, -0.05) is 11.6 Å². The van der Waals surface area contributed by atoms with E-state index in [0.29, 0.717) is 0 Å². The van der Waals surface area contributed by atoms with Crippen LogP contribution in [-0.4, -0.2) is 5.91 Å². The zero-order valence-corrected chi connectivity index (χ0v) is 6.86. The smallest absolute Gasteiger partial charge is 0.252 e. The maximum atomic E-state index is 12.9. The Morgan fingerprint density at radius 1 is 1.62 bits per heavy atom. The number of aryl methyl sites for hydroxylation is 1. The van der Waals surface area contributed by atoms with E-state index in [1.807, 2.05) is 0 Å². The molecule has 0 aromatic heterocycles. The molecule has 0 aliphatic rings. The Balaban J connectivity index is 3.20. The van der Waals surface area contributed by atoms with Gasteiger partial charge in [-0.3, -0.25) is 4.79 Å². The Labute approximate surface area is 73.6 Å². The van der Waals surface area contributed by atoms with Crippen molar-refractivity contribution in [2.75, 3.05) is 0 Å². The molecule has 1 aromatic rings. The summed E-state index contributed by atoms with van der Waals surface area (Å²) in [5.74, 6) is -1.58. The van der Waals surface area contributed by atoms with Crippen LogP contribution in [-0.2, 0) is 0 Å². The summed E-state index contributed by atoms with van der Waals surface area (Å²) >= 11 is 0. The molecule has 4 nitrogen and oxygen atoms in total. The van der Waals surface area contributed by atoms with Gasteiger partial charge in [0.25, 0.3) is 5.91 Å². The average molecular weight is 179 g/mol. The maximum Gasteiger partial charge on any atom is 0.252 e. The minimum Gasteiger partial charge on any atom is -0.287 e. The van der Waals surface area contributed by atoms with Crippen LogP contribution in [0.25, 0.3) is 10.4 Å². The van der Waals surface area contributed by atoms with E-state index in [2.05, 4.69) is 10.0 Å². The number of carbonyl (C=O) groups excluding carboxylic acids is 1. The van der Waals surface area contributed by atoms with Gasteiger partial charge < -0.3 is 0 Å². The number of hydrogen-bond donors (Lipinski definition) is 0. The minimum atomic E-state index is -0.899. The van der Waals surface area contributed by atoms with Crippen LogP contribution in [0.4, 0.5) is 4.39 Å². The molecular formula is C8H6FN3O. The summed E-state index contributed by atoms with van der Waals surface area (Å²) < 4.78 is 12.9. The van der Waals surface area contributed by atoms with Crippen LogP contribution < -0.4 is 0 Å². The molecule has 13 heavy (non-hydrogen) atoms. The average Bonchev–Trinajstić information content (AvgIpc) is 2.09. The second kappa shape index (κ2) is 3.69. The molecular weight excluding hydrogens is 173 g/mol. The SMILES string of the molecule is Cc1ccc(F)c(C(=O)N=[N+]=[N-])c1. The molecule has 0 bridgehead atoms. The van der Waals surface area contributed by atoms with Crippen molar-refractivity contribution in [3.05, 3.63) is 45.6 Å². The fourth-order valence-corrected chi connectivity index (χ4v) is 0.897. The van der Waals surface area contributed by atoms with Gasteiger partial charge in [-0.2, -0.15) is 0 Å². The first-order valence-corrected chi connectivity index (χ1v) is 3.50. The Kier molecular flexibility index (Phi) is 2.62. The maximum absolute atomic E-state index is 12.9. The summed E-state index contributed by atoms with van der Waals surface area (Å²) in [6, 6.07) is 4.03. The van der Waals surface area contributed by atoms with Crippen molar-refractivity contribution in [1.29, 1.82) is 0 Å². The van der Waals surface area contributed by atoms with Gasteiger partial charge in [0.1, 0.15) is 5.82 Å². The summed E-state index contributed by atoms with van der Waals surface area (Å²) in [5.41, 5.74) is 8.51. The molecule has 0 unspecified atom stereocenters. The number of nitrogens with zero attached hydrogens (tertiary/aromatic N) is 3. The van der Waals surface area contributed by atoms with Crippen LogP contribution in [0.3, 0.4) is 0 Å². The third kappa shape index (κ3) is 2.04. The second-order valence-corrected chi connectivity index (χ2v) is 2.48. The number of azide groups is 1. The molecule has 0 aliphatic carbocycles. The molecule has 0 atom stereocenters. The van der Waals surface area contributed by atoms with Crippen LogP contribution in [0.2, 0.25) is 0 Å². The normalized spacial score (nSPS) is 9.08. The number of benzene rings is 1. The largest absolute Gasteiger partial charge is 0.287 e. The summed E-state index contributed by atoms with van der Waals surface area (Å²) in [6.07, 6.45) is 0. The molecule has 1 amide bonds. The van der Waals surface area contributed by atoms with Crippen LogP contribution in [0.1, 0.15) is 15.9 Å². The number of hydrogen-bond acceptors (Lipinski definition) is 1. The number of amides is 1. The van der Waals surface area contributed by atoms with Crippen LogP contribution in [0, 0.1) is 12.7 Å². The standard InChI is InChI=1S/C8H6FN3O/c1-5-2-3-7(9)6(4-5)8(13)11-12-10/h2-4H,1H3. The lowest BCUT2D eigenvalue weighted by Gasteiger charge is -1.98. The van der Waals surface area contributed by atoms with Gasteiger partial charge >= 0.3 is 0 Å². The lowest BCUT2D eigenvalue weighted by Crippen LogP contribution is -1.98. The zero-order valence-electron chi connectivity index (χ0n) is 6.86. The van der Waals surface area contributed by atoms with Gasteiger partial charge in [0, 0.05) is 4.91 Å². The zero-order chi connectivity index (χ0) is 9.84. The molecule has 0 N–H and O–H groups in total. The first-order chi connectivity index (χ1) is 6.15. The van der Waals surface area contributed by atoms with Gasteiger partial charge in [0.05, 0.1) is 5.56 Å². The van der Waals surface area contributed by atoms with E-state index >= 15 is 0 Å². The van der Waals surface area contributed by atoms with Gasteiger partial charge in [0.15, 0.2) is 0 Å². The predicted octanol–water partition coefficient (Wildman–Crippen LogP) is 2.58. The highest BCUT2D eigenvalue weighted by Gasteiger charge is 2.09. The van der Waals surface area contributed by atoms with Gasteiger partial charge in [0.2, 0.25) is 0 Å². The van der Waals surface area contributed by atoms with Gasteiger partial charge in [-0.05, 0) is 29.7 Å². The van der Waals surface area contributed by atoms with Gasteiger partial charge in [-0.15, -0.1) is 0 Å². The molecule has 0 radical (unpaired) electrons. The number of carbonyl (C=O) groups is 1. The molecule has 0 saturated carbocycles. The first kappa shape index (κ1) is 9.22. The molecule has 0 aliphatic heterocycles. The van der Waals surface area contributed by atoms with Crippen LogP contribution >= 0.6 is 0 Å². The summed E-state index contributed by atoms with van der Waals surface area (Å²) in [6.45, 7) is 1.71. The van der Waals surface area contributed by atoms with E-state index in [4.69, 9.17) is 5.53 Å². The molecule has 1 aromatic carbocycles. The Morgan fingerprint density at radius 2 is 2.31 bits per heavy atom. The minimum absolute atomic E-state index is 0.196. The molecule has 1 rings (SSSR count). The van der Waals surface area contributed by atoms with E-state index in [-0.39, 0.29) is 5.56 Å². The number of halogens is 1. The monoisotopic (exact) mass is 179 g/mol. The van der Waals surface area contributed by atoms with Crippen LogP contribution in [0.5, 0.6) is 0 Å². The molecule has 66 valence electrons. The fourth-order valence-electron chi connectivity index (χ4n) is 0.897. The van der Waals surface area contributed by atoms with E-state index < -0.39 is 11.7 Å². The van der Waals surface area contributed by atoms with Crippen molar-refractivity contribution < 1.29 is 9.18 Å². The third-order valence-electron chi connectivity index (χ3n) is 1.49. The summed E-state index contributed by atoms with van der Waals surface area (Å²) in [4.78, 5) is 13.2. The topological polar surface area (TPSA) is 65.8 Å². The fraction of sp³-hybridized carbons (Fsp3) is 0.125. The lowest BCUT2D eigenvalue weighted by molar-refractivity contribution is 0.0996. The number of rotatable bonds is 1. The van der Waals surface area contributed by atoms with Crippen molar-refractivity contribution >= 4 is 5.91 Å². The highest BCUT2D eigenvalue weighted by atomic mass is 19.1. The Bertz CT molecular complexity index is 396. The summed E-state index contributed by atoms with van der Waals surface area (Å²) in [7, 11) is 0. The van der Waals surface area contributed by atoms with Gasteiger partial charge in [-0.25, -0.2) is 4.39 Å². The molecule has 0 heterocycles. The van der Waals surface area contributed by atoms with E-state index in [0.717, 1.165) is 11.6 Å². The summed E-state index contributed by atoms with van der Waals surface area (Å²) in [5, 5.41) is 2.80. The van der Waals surface area contributed by atoms with Crippen LogP contribution in [0.15, 0.2) is 23.3 Å². The van der Waals surface area contributed by atoms with Crippen molar-refractivity contribution in [3.8, 4) is 0 Å².